The molecule has 110 valence electrons. The number of benzene rings is 2. The molecule has 1 heterocycles. The van der Waals surface area contributed by atoms with Crippen molar-refractivity contribution in [2.24, 2.45) is 0 Å². The molecule has 1 atom stereocenters. The zero-order valence-corrected chi connectivity index (χ0v) is 13.2. The first-order valence-corrected chi connectivity index (χ1v) is 7.92. The Morgan fingerprint density at radius 2 is 2.00 bits per heavy atom. The van der Waals surface area contributed by atoms with Crippen molar-refractivity contribution in [1.82, 2.24) is 5.32 Å². The molecular weight excluding hydrogens is 333 g/mol. The lowest BCUT2D eigenvalue weighted by atomic mass is 10.0. The van der Waals surface area contributed by atoms with Gasteiger partial charge in [-0.15, -0.1) is 0 Å². The Morgan fingerprint density at radius 3 is 2.81 bits per heavy atom. The van der Waals surface area contributed by atoms with Crippen LogP contribution in [0.5, 0.6) is 5.75 Å². The third-order valence-corrected chi connectivity index (χ3v) is 4.22. The van der Waals surface area contributed by atoms with E-state index < -0.39 is 0 Å². The highest BCUT2D eigenvalue weighted by molar-refractivity contribution is 9.10. The van der Waals surface area contributed by atoms with Gasteiger partial charge in [-0.3, -0.25) is 0 Å². The van der Waals surface area contributed by atoms with E-state index in [2.05, 4.69) is 27.3 Å². The monoisotopic (exact) mass is 349 g/mol. The lowest BCUT2D eigenvalue weighted by molar-refractivity contribution is 0.253. The molecular formula is C17H17BrFNO. The highest BCUT2D eigenvalue weighted by Crippen LogP contribution is 2.33. The first kappa shape index (κ1) is 14.5. The number of hydrogen-bond donors (Lipinski definition) is 1. The summed E-state index contributed by atoms with van der Waals surface area (Å²) < 4.78 is 19.6. The van der Waals surface area contributed by atoms with Crippen LogP contribution in [0.15, 0.2) is 46.9 Å². The van der Waals surface area contributed by atoms with Crippen LogP contribution in [-0.2, 0) is 6.42 Å². The van der Waals surface area contributed by atoms with Gasteiger partial charge in [-0.25, -0.2) is 4.39 Å². The Hall–Kier alpha value is -1.39. The summed E-state index contributed by atoms with van der Waals surface area (Å²) in [5, 5.41) is 3.57. The van der Waals surface area contributed by atoms with Crippen molar-refractivity contribution in [1.29, 1.82) is 0 Å². The maximum Gasteiger partial charge on any atom is 0.124 e. The number of halogens is 2. The van der Waals surface area contributed by atoms with Crippen LogP contribution < -0.4 is 10.1 Å². The molecule has 0 saturated heterocycles. The highest BCUT2D eigenvalue weighted by atomic mass is 79.9. The molecule has 0 aliphatic carbocycles. The molecule has 0 fully saturated rings. The average Bonchev–Trinajstić information content (AvgIpc) is 2.50. The minimum Gasteiger partial charge on any atom is -0.493 e. The molecule has 0 saturated carbocycles. The molecule has 0 amide bonds. The summed E-state index contributed by atoms with van der Waals surface area (Å²) in [4.78, 5) is 0. The van der Waals surface area contributed by atoms with E-state index in [0.717, 1.165) is 41.8 Å². The van der Waals surface area contributed by atoms with Crippen molar-refractivity contribution in [3.8, 4) is 5.75 Å². The Morgan fingerprint density at radius 1 is 1.19 bits per heavy atom. The number of ether oxygens (including phenoxy) is 1. The van der Waals surface area contributed by atoms with Gasteiger partial charge in [0.15, 0.2) is 0 Å². The van der Waals surface area contributed by atoms with Crippen LogP contribution in [0.25, 0.3) is 0 Å². The van der Waals surface area contributed by atoms with Crippen molar-refractivity contribution in [3.05, 3.63) is 63.9 Å². The Labute approximate surface area is 132 Å². The van der Waals surface area contributed by atoms with Crippen LogP contribution >= 0.6 is 15.9 Å². The zero-order valence-electron chi connectivity index (χ0n) is 11.6. The Bertz CT molecular complexity index is 615. The van der Waals surface area contributed by atoms with Crippen molar-refractivity contribution < 1.29 is 9.13 Å². The van der Waals surface area contributed by atoms with Gasteiger partial charge in [-0.05, 0) is 48.9 Å². The summed E-state index contributed by atoms with van der Waals surface area (Å²) in [7, 11) is 0. The summed E-state index contributed by atoms with van der Waals surface area (Å²) in [6.07, 6.45) is 1.86. The highest BCUT2D eigenvalue weighted by Gasteiger charge is 2.20. The molecule has 2 aromatic rings. The SMILES string of the molecule is Fc1ccc(CCNC2CCOc3ccc(Br)cc32)cc1. The number of fused-ring (bicyclic) bond motifs is 1. The molecule has 1 aliphatic rings. The van der Waals surface area contributed by atoms with Gasteiger partial charge in [0.2, 0.25) is 0 Å². The van der Waals surface area contributed by atoms with Gasteiger partial charge in [-0.1, -0.05) is 28.1 Å². The van der Waals surface area contributed by atoms with E-state index in [9.17, 15) is 4.39 Å². The van der Waals surface area contributed by atoms with Gasteiger partial charge >= 0.3 is 0 Å². The molecule has 3 rings (SSSR count). The lowest BCUT2D eigenvalue weighted by Crippen LogP contribution is -2.28. The maximum absolute atomic E-state index is 12.9. The minimum atomic E-state index is -0.185. The Balaban J connectivity index is 1.61. The molecule has 2 nitrogen and oxygen atoms in total. The van der Waals surface area contributed by atoms with Crippen molar-refractivity contribution in [3.63, 3.8) is 0 Å². The molecule has 0 bridgehead atoms. The van der Waals surface area contributed by atoms with Gasteiger partial charge in [0, 0.05) is 22.5 Å². The standard InChI is InChI=1S/C17H17BrFNO/c18-13-3-6-17-15(11-13)16(8-10-21-17)20-9-7-12-1-4-14(19)5-2-12/h1-6,11,16,20H,7-10H2. The number of hydrogen-bond acceptors (Lipinski definition) is 2. The van der Waals surface area contributed by atoms with Crippen LogP contribution in [0, 0.1) is 5.82 Å². The normalized spacial score (nSPS) is 17.1. The van der Waals surface area contributed by atoms with Gasteiger partial charge in [0.05, 0.1) is 6.61 Å². The van der Waals surface area contributed by atoms with Crippen LogP contribution in [-0.4, -0.2) is 13.2 Å². The van der Waals surface area contributed by atoms with Crippen LogP contribution in [0.2, 0.25) is 0 Å². The molecule has 0 radical (unpaired) electrons. The van der Waals surface area contributed by atoms with E-state index in [1.165, 1.54) is 17.7 Å². The minimum absolute atomic E-state index is 0.185. The third-order valence-electron chi connectivity index (χ3n) is 3.73. The third kappa shape index (κ3) is 3.63. The summed E-state index contributed by atoms with van der Waals surface area (Å²) >= 11 is 3.51. The van der Waals surface area contributed by atoms with E-state index in [4.69, 9.17) is 4.74 Å². The van der Waals surface area contributed by atoms with E-state index >= 15 is 0 Å². The fraction of sp³-hybridized carbons (Fsp3) is 0.294. The second-order valence-corrected chi connectivity index (χ2v) is 6.12. The second kappa shape index (κ2) is 6.58. The van der Waals surface area contributed by atoms with Crippen LogP contribution in [0.3, 0.4) is 0 Å². The van der Waals surface area contributed by atoms with E-state index in [1.54, 1.807) is 0 Å². The van der Waals surface area contributed by atoms with Crippen LogP contribution in [0.4, 0.5) is 4.39 Å². The molecule has 1 unspecified atom stereocenters. The van der Waals surface area contributed by atoms with Crippen molar-refractivity contribution >= 4 is 15.9 Å². The largest absolute Gasteiger partial charge is 0.493 e. The summed E-state index contributed by atoms with van der Waals surface area (Å²) in [5.74, 6) is 0.777. The van der Waals surface area contributed by atoms with Crippen molar-refractivity contribution in [2.45, 2.75) is 18.9 Å². The average molecular weight is 350 g/mol. The maximum atomic E-state index is 12.9. The van der Waals surface area contributed by atoms with Crippen molar-refractivity contribution in [2.75, 3.05) is 13.2 Å². The molecule has 0 spiro atoms. The summed E-state index contributed by atoms with van der Waals surface area (Å²) in [5.41, 5.74) is 2.35. The van der Waals surface area contributed by atoms with E-state index in [0.29, 0.717) is 6.04 Å². The topological polar surface area (TPSA) is 21.3 Å². The van der Waals surface area contributed by atoms with Crippen LogP contribution in [0.1, 0.15) is 23.6 Å². The summed E-state index contributed by atoms with van der Waals surface area (Å²) in [6.45, 7) is 1.60. The molecule has 2 aromatic carbocycles. The number of nitrogens with one attached hydrogen (secondary N) is 1. The molecule has 1 N–H and O–H groups in total. The quantitative estimate of drug-likeness (QED) is 0.890. The smallest absolute Gasteiger partial charge is 0.124 e. The predicted octanol–water partition coefficient (Wildman–Crippen LogP) is 4.24. The molecule has 4 heteroatoms. The molecule has 1 aliphatic heterocycles. The van der Waals surface area contributed by atoms with Gasteiger partial charge < -0.3 is 10.1 Å². The second-order valence-electron chi connectivity index (χ2n) is 5.20. The molecule has 0 aromatic heterocycles. The fourth-order valence-corrected chi connectivity index (χ4v) is 3.00. The first-order valence-electron chi connectivity index (χ1n) is 7.12. The van der Waals surface area contributed by atoms with E-state index in [1.807, 2.05) is 24.3 Å². The Kier molecular flexibility index (Phi) is 4.56. The first-order chi connectivity index (χ1) is 10.2. The zero-order chi connectivity index (χ0) is 14.7. The number of rotatable bonds is 4. The van der Waals surface area contributed by atoms with E-state index in [-0.39, 0.29) is 5.82 Å². The lowest BCUT2D eigenvalue weighted by Gasteiger charge is -2.27. The van der Waals surface area contributed by atoms with Gasteiger partial charge in [-0.2, -0.15) is 0 Å². The fourth-order valence-electron chi connectivity index (χ4n) is 2.62. The van der Waals surface area contributed by atoms with Gasteiger partial charge in [0.1, 0.15) is 11.6 Å². The van der Waals surface area contributed by atoms with Gasteiger partial charge in [0.25, 0.3) is 0 Å². The predicted molar refractivity (Wildman–Crippen MR) is 85.1 cm³/mol. The summed E-state index contributed by atoms with van der Waals surface area (Å²) in [6, 6.07) is 13.1. The molecule has 21 heavy (non-hydrogen) atoms.